The molecule has 0 aliphatic rings. The van der Waals surface area contributed by atoms with E-state index in [0.29, 0.717) is 24.7 Å². The zero-order valence-corrected chi connectivity index (χ0v) is 12.5. The van der Waals surface area contributed by atoms with E-state index in [1.165, 1.54) is 0 Å². The molecule has 0 saturated carbocycles. The fourth-order valence-electron chi connectivity index (χ4n) is 1.85. The Hall–Kier alpha value is -2.53. The predicted molar refractivity (Wildman–Crippen MR) is 87.4 cm³/mol. The van der Waals surface area contributed by atoms with Gasteiger partial charge in [-0.3, -0.25) is 4.79 Å². The summed E-state index contributed by atoms with van der Waals surface area (Å²) in [5, 5.41) is 5.89. The topological polar surface area (TPSA) is 59.6 Å². The smallest absolute Gasteiger partial charge is 0.243 e. The molecule has 0 spiro atoms. The first kappa shape index (κ1) is 15.9. The van der Waals surface area contributed by atoms with Crippen LogP contribution in [-0.2, 0) is 9.53 Å². The zero-order valence-electron chi connectivity index (χ0n) is 12.5. The lowest BCUT2D eigenvalue weighted by Crippen LogP contribution is -2.21. The zero-order chi connectivity index (χ0) is 15.6. The van der Waals surface area contributed by atoms with Gasteiger partial charge in [0.2, 0.25) is 5.91 Å². The van der Waals surface area contributed by atoms with E-state index >= 15 is 0 Å². The van der Waals surface area contributed by atoms with Crippen molar-refractivity contribution in [2.45, 2.75) is 0 Å². The Bertz CT molecular complexity index is 587. The van der Waals surface area contributed by atoms with E-state index in [4.69, 9.17) is 9.47 Å². The van der Waals surface area contributed by atoms with Crippen LogP contribution in [0.5, 0.6) is 5.75 Å². The minimum absolute atomic E-state index is 0.113. The molecule has 0 unspecified atom stereocenters. The molecule has 0 aromatic heterocycles. The largest absolute Gasteiger partial charge is 0.491 e. The van der Waals surface area contributed by atoms with Crippen LogP contribution in [0.2, 0.25) is 0 Å². The number of hydrogen-bond acceptors (Lipinski definition) is 4. The van der Waals surface area contributed by atoms with Crippen molar-refractivity contribution in [3.05, 3.63) is 54.6 Å². The Morgan fingerprint density at radius 3 is 2.55 bits per heavy atom. The van der Waals surface area contributed by atoms with E-state index in [2.05, 4.69) is 10.6 Å². The second-order valence-electron chi connectivity index (χ2n) is 4.64. The average Bonchev–Trinajstić information content (AvgIpc) is 2.55. The van der Waals surface area contributed by atoms with Crippen LogP contribution in [0.4, 0.5) is 11.4 Å². The van der Waals surface area contributed by atoms with Crippen molar-refractivity contribution in [2.75, 3.05) is 37.5 Å². The second-order valence-corrected chi connectivity index (χ2v) is 4.64. The maximum absolute atomic E-state index is 11.9. The van der Waals surface area contributed by atoms with Gasteiger partial charge in [-0.15, -0.1) is 0 Å². The first-order valence-electron chi connectivity index (χ1n) is 7.08. The number of carbonyl (C=O) groups excluding carboxylic acids is 1. The van der Waals surface area contributed by atoms with Crippen molar-refractivity contribution in [1.82, 2.24) is 0 Å². The molecule has 0 fully saturated rings. The molecule has 1 amide bonds. The van der Waals surface area contributed by atoms with Gasteiger partial charge in [-0.05, 0) is 24.3 Å². The highest BCUT2D eigenvalue weighted by Gasteiger charge is 2.03. The van der Waals surface area contributed by atoms with Crippen LogP contribution in [-0.4, -0.2) is 32.8 Å². The number of ether oxygens (including phenoxy) is 2. The van der Waals surface area contributed by atoms with Crippen molar-refractivity contribution in [3.63, 3.8) is 0 Å². The van der Waals surface area contributed by atoms with E-state index in [-0.39, 0.29) is 12.5 Å². The Morgan fingerprint density at radius 1 is 1.00 bits per heavy atom. The van der Waals surface area contributed by atoms with E-state index in [9.17, 15) is 4.79 Å². The van der Waals surface area contributed by atoms with Crippen LogP contribution in [0.3, 0.4) is 0 Å². The summed E-state index contributed by atoms with van der Waals surface area (Å²) >= 11 is 0. The molecular weight excluding hydrogens is 280 g/mol. The van der Waals surface area contributed by atoms with E-state index < -0.39 is 0 Å². The number of carbonyl (C=O) groups is 1. The third kappa shape index (κ3) is 5.46. The Morgan fingerprint density at radius 2 is 1.77 bits per heavy atom. The molecule has 0 aliphatic heterocycles. The monoisotopic (exact) mass is 300 g/mol. The van der Waals surface area contributed by atoms with E-state index in [1.807, 2.05) is 48.5 Å². The highest BCUT2D eigenvalue weighted by atomic mass is 16.5. The normalized spacial score (nSPS) is 10.0. The van der Waals surface area contributed by atoms with Crippen LogP contribution in [0.25, 0.3) is 0 Å². The van der Waals surface area contributed by atoms with Gasteiger partial charge in [-0.2, -0.15) is 0 Å². The van der Waals surface area contributed by atoms with Gasteiger partial charge < -0.3 is 20.1 Å². The fraction of sp³-hybridized carbons (Fsp3) is 0.235. The number of benzene rings is 2. The fourth-order valence-corrected chi connectivity index (χ4v) is 1.85. The number of amides is 1. The van der Waals surface area contributed by atoms with Crippen LogP contribution in [0, 0.1) is 0 Å². The average molecular weight is 300 g/mol. The first-order chi connectivity index (χ1) is 10.8. The van der Waals surface area contributed by atoms with Gasteiger partial charge in [0.1, 0.15) is 12.4 Å². The molecule has 0 heterocycles. The Labute approximate surface area is 130 Å². The molecule has 2 aromatic rings. The highest BCUT2D eigenvalue weighted by molar-refractivity contribution is 5.93. The predicted octanol–water partition coefficient (Wildman–Crippen LogP) is 2.76. The summed E-state index contributed by atoms with van der Waals surface area (Å²) in [6, 6.07) is 16.9. The molecule has 2 N–H and O–H groups in total. The molecular formula is C17H20N2O3. The lowest BCUT2D eigenvalue weighted by atomic mass is 10.3. The van der Waals surface area contributed by atoms with E-state index in [1.54, 1.807) is 13.2 Å². The van der Waals surface area contributed by atoms with Crippen LogP contribution < -0.4 is 15.4 Å². The summed E-state index contributed by atoms with van der Waals surface area (Å²) < 4.78 is 10.4. The van der Waals surface area contributed by atoms with Crippen LogP contribution in [0.15, 0.2) is 54.6 Å². The molecule has 22 heavy (non-hydrogen) atoms. The Balaban J connectivity index is 1.82. The lowest BCUT2D eigenvalue weighted by Gasteiger charge is -2.10. The van der Waals surface area contributed by atoms with Crippen molar-refractivity contribution in [1.29, 1.82) is 0 Å². The van der Waals surface area contributed by atoms with Gasteiger partial charge in [-0.1, -0.05) is 24.3 Å². The molecule has 5 heteroatoms. The van der Waals surface area contributed by atoms with Crippen molar-refractivity contribution in [2.24, 2.45) is 0 Å². The molecule has 0 bridgehead atoms. The minimum Gasteiger partial charge on any atom is -0.491 e. The minimum atomic E-state index is -0.113. The van der Waals surface area contributed by atoms with Gasteiger partial charge in [0.05, 0.1) is 13.2 Å². The van der Waals surface area contributed by atoms with Gasteiger partial charge in [-0.25, -0.2) is 0 Å². The van der Waals surface area contributed by atoms with Gasteiger partial charge in [0.15, 0.2) is 0 Å². The summed E-state index contributed by atoms with van der Waals surface area (Å²) in [7, 11) is 1.62. The van der Waals surface area contributed by atoms with Crippen LogP contribution >= 0.6 is 0 Å². The van der Waals surface area contributed by atoms with Crippen molar-refractivity contribution in [3.8, 4) is 5.75 Å². The molecule has 116 valence electrons. The van der Waals surface area contributed by atoms with Crippen LogP contribution in [0.1, 0.15) is 0 Å². The summed E-state index contributed by atoms with van der Waals surface area (Å²) in [6.07, 6.45) is 0. The highest BCUT2D eigenvalue weighted by Crippen LogP contribution is 2.17. The van der Waals surface area contributed by atoms with E-state index in [0.717, 1.165) is 5.69 Å². The number of nitrogens with one attached hydrogen (secondary N) is 2. The SMILES string of the molecule is COCCOc1cccc(NC(=O)CNc2ccccc2)c1. The third-order valence-electron chi connectivity index (χ3n) is 2.90. The first-order valence-corrected chi connectivity index (χ1v) is 7.08. The molecule has 2 aromatic carbocycles. The number of para-hydroxylation sites is 1. The number of anilines is 2. The molecule has 0 atom stereocenters. The maximum Gasteiger partial charge on any atom is 0.243 e. The molecule has 0 saturated heterocycles. The number of methoxy groups -OCH3 is 1. The third-order valence-corrected chi connectivity index (χ3v) is 2.90. The molecule has 0 radical (unpaired) electrons. The van der Waals surface area contributed by atoms with Gasteiger partial charge in [0.25, 0.3) is 0 Å². The summed E-state index contributed by atoms with van der Waals surface area (Å²) in [5.74, 6) is 0.587. The second kappa shape index (κ2) is 8.69. The molecule has 0 aliphatic carbocycles. The lowest BCUT2D eigenvalue weighted by molar-refractivity contribution is -0.114. The van der Waals surface area contributed by atoms with Gasteiger partial charge >= 0.3 is 0 Å². The quantitative estimate of drug-likeness (QED) is 0.736. The molecule has 5 nitrogen and oxygen atoms in total. The maximum atomic E-state index is 11.9. The Kier molecular flexibility index (Phi) is 6.26. The van der Waals surface area contributed by atoms with Gasteiger partial charge in [0, 0.05) is 24.6 Å². The summed E-state index contributed by atoms with van der Waals surface area (Å²) in [6.45, 7) is 1.21. The number of hydrogen-bond donors (Lipinski definition) is 2. The molecule has 2 rings (SSSR count). The standard InChI is InChI=1S/C17H20N2O3/c1-21-10-11-22-16-9-5-8-15(12-16)19-17(20)13-18-14-6-3-2-4-7-14/h2-9,12,18H,10-11,13H2,1H3,(H,19,20). The summed E-state index contributed by atoms with van der Waals surface area (Å²) in [4.78, 5) is 11.9. The van der Waals surface area contributed by atoms with Crippen molar-refractivity contribution < 1.29 is 14.3 Å². The van der Waals surface area contributed by atoms with Crippen molar-refractivity contribution >= 4 is 17.3 Å². The summed E-state index contributed by atoms with van der Waals surface area (Å²) in [5.41, 5.74) is 1.61. The number of rotatable bonds is 8.